The molecule has 1 aromatic carbocycles. The van der Waals surface area contributed by atoms with E-state index < -0.39 is 10.0 Å². The first-order valence-corrected chi connectivity index (χ1v) is 8.45. The maximum absolute atomic E-state index is 12.1. The SMILES string of the molecule is C=C(C)COCCNS(=O)(=O)c1ccc(CNCC)cc1. The lowest BCUT2D eigenvalue weighted by molar-refractivity contribution is 0.162. The van der Waals surface area contributed by atoms with Crippen LogP contribution in [0.25, 0.3) is 0 Å². The first-order chi connectivity index (χ1) is 9.95. The van der Waals surface area contributed by atoms with Crippen molar-refractivity contribution in [3.63, 3.8) is 0 Å². The van der Waals surface area contributed by atoms with Crippen molar-refractivity contribution in [2.75, 3.05) is 26.3 Å². The van der Waals surface area contributed by atoms with Crippen molar-refractivity contribution < 1.29 is 13.2 Å². The van der Waals surface area contributed by atoms with Crippen molar-refractivity contribution in [2.45, 2.75) is 25.3 Å². The predicted octanol–water partition coefficient (Wildman–Crippen LogP) is 1.67. The van der Waals surface area contributed by atoms with Crippen molar-refractivity contribution in [3.05, 3.63) is 42.0 Å². The summed E-state index contributed by atoms with van der Waals surface area (Å²) in [5.74, 6) is 0. The molecule has 0 amide bonds. The monoisotopic (exact) mass is 312 g/mol. The van der Waals surface area contributed by atoms with Gasteiger partial charge in [-0.25, -0.2) is 13.1 Å². The van der Waals surface area contributed by atoms with E-state index in [0.29, 0.717) is 13.2 Å². The van der Waals surface area contributed by atoms with E-state index in [1.54, 1.807) is 12.1 Å². The molecule has 118 valence electrons. The van der Waals surface area contributed by atoms with Gasteiger partial charge >= 0.3 is 0 Å². The van der Waals surface area contributed by atoms with Gasteiger partial charge in [-0.2, -0.15) is 0 Å². The third kappa shape index (κ3) is 6.86. The Labute approximate surface area is 127 Å². The molecule has 0 aromatic heterocycles. The summed E-state index contributed by atoms with van der Waals surface area (Å²) < 4.78 is 31.9. The molecule has 0 aliphatic rings. The molecule has 1 rings (SSSR count). The number of ether oxygens (including phenoxy) is 1. The molecule has 0 aliphatic heterocycles. The average Bonchev–Trinajstić information content (AvgIpc) is 2.44. The Balaban J connectivity index is 2.48. The smallest absolute Gasteiger partial charge is 0.240 e. The third-order valence-corrected chi connectivity index (χ3v) is 4.18. The molecule has 5 nitrogen and oxygen atoms in total. The van der Waals surface area contributed by atoms with Crippen LogP contribution < -0.4 is 10.0 Å². The molecule has 1 aromatic rings. The summed E-state index contributed by atoms with van der Waals surface area (Å²) in [6.07, 6.45) is 0. The summed E-state index contributed by atoms with van der Waals surface area (Å²) in [6, 6.07) is 6.86. The average molecular weight is 312 g/mol. The quantitative estimate of drug-likeness (QED) is 0.509. The first kappa shape index (κ1) is 17.8. The predicted molar refractivity (Wildman–Crippen MR) is 84.6 cm³/mol. The molecule has 0 fully saturated rings. The normalized spacial score (nSPS) is 11.5. The van der Waals surface area contributed by atoms with Crippen LogP contribution in [-0.4, -0.2) is 34.7 Å². The largest absolute Gasteiger partial charge is 0.376 e. The Morgan fingerprint density at radius 1 is 1.29 bits per heavy atom. The van der Waals surface area contributed by atoms with E-state index in [0.717, 1.165) is 24.2 Å². The first-order valence-electron chi connectivity index (χ1n) is 6.97. The second kappa shape index (κ2) is 8.94. The van der Waals surface area contributed by atoms with Gasteiger partial charge in [0.15, 0.2) is 0 Å². The Morgan fingerprint density at radius 3 is 2.52 bits per heavy atom. The van der Waals surface area contributed by atoms with Crippen LogP contribution >= 0.6 is 0 Å². The number of hydrogen-bond donors (Lipinski definition) is 2. The van der Waals surface area contributed by atoms with Crippen LogP contribution in [-0.2, 0) is 21.3 Å². The van der Waals surface area contributed by atoms with Gasteiger partial charge in [0, 0.05) is 13.1 Å². The zero-order valence-corrected chi connectivity index (χ0v) is 13.5. The lowest BCUT2D eigenvalue weighted by Crippen LogP contribution is -2.27. The van der Waals surface area contributed by atoms with Crippen LogP contribution in [0.3, 0.4) is 0 Å². The van der Waals surface area contributed by atoms with Gasteiger partial charge < -0.3 is 10.1 Å². The van der Waals surface area contributed by atoms with Crippen molar-refractivity contribution in [1.29, 1.82) is 0 Å². The van der Waals surface area contributed by atoms with Crippen molar-refractivity contribution >= 4 is 10.0 Å². The fraction of sp³-hybridized carbons (Fsp3) is 0.467. The van der Waals surface area contributed by atoms with E-state index in [-0.39, 0.29) is 11.4 Å². The molecular weight excluding hydrogens is 288 g/mol. The second-order valence-electron chi connectivity index (χ2n) is 4.83. The third-order valence-electron chi connectivity index (χ3n) is 2.70. The van der Waals surface area contributed by atoms with E-state index in [9.17, 15) is 8.42 Å². The minimum atomic E-state index is -3.47. The molecule has 6 heteroatoms. The molecule has 0 radical (unpaired) electrons. The highest BCUT2D eigenvalue weighted by Gasteiger charge is 2.12. The highest BCUT2D eigenvalue weighted by molar-refractivity contribution is 7.89. The summed E-state index contributed by atoms with van der Waals surface area (Å²) in [5, 5.41) is 3.19. The van der Waals surface area contributed by atoms with Gasteiger partial charge in [0.1, 0.15) is 0 Å². The number of rotatable bonds is 10. The Bertz CT molecular complexity index is 539. The molecule has 0 unspecified atom stereocenters. The lowest BCUT2D eigenvalue weighted by Gasteiger charge is -2.08. The molecule has 0 atom stereocenters. The van der Waals surface area contributed by atoms with Crippen LogP contribution in [0.1, 0.15) is 19.4 Å². The number of hydrogen-bond acceptors (Lipinski definition) is 4. The molecule has 0 saturated carbocycles. The van der Waals surface area contributed by atoms with E-state index in [4.69, 9.17) is 4.74 Å². The standard InChI is InChI=1S/C15H24N2O3S/c1-4-16-11-14-5-7-15(8-6-14)21(18,19)17-9-10-20-12-13(2)3/h5-8,16-17H,2,4,9-12H2,1,3H3. The molecule has 0 aliphatic carbocycles. The van der Waals surface area contributed by atoms with Crippen LogP contribution in [0.2, 0.25) is 0 Å². The summed E-state index contributed by atoms with van der Waals surface area (Å²) in [4.78, 5) is 0.266. The Morgan fingerprint density at radius 2 is 1.95 bits per heavy atom. The molecule has 0 spiro atoms. The summed E-state index contributed by atoms with van der Waals surface area (Å²) >= 11 is 0. The molecule has 21 heavy (non-hydrogen) atoms. The van der Waals surface area contributed by atoms with Gasteiger partial charge in [-0.05, 0) is 31.2 Å². The number of nitrogens with one attached hydrogen (secondary N) is 2. The Hall–Kier alpha value is -1.21. The molecular formula is C15H24N2O3S. The fourth-order valence-electron chi connectivity index (χ4n) is 1.63. The minimum absolute atomic E-state index is 0.245. The molecule has 0 saturated heterocycles. The number of benzene rings is 1. The van der Waals surface area contributed by atoms with Crippen molar-refractivity contribution in [2.24, 2.45) is 0 Å². The van der Waals surface area contributed by atoms with E-state index >= 15 is 0 Å². The Kier molecular flexibility index (Phi) is 7.60. The highest BCUT2D eigenvalue weighted by atomic mass is 32.2. The second-order valence-corrected chi connectivity index (χ2v) is 6.60. The van der Waals surface area contributed by atoms with Gasteiger partial charge in [-0.1, -0.05) is 31.2 Å². The fourth-order valence-corrected chi connectivity index (χ4v) is 2.65. The molecule has 0 heterocycles. The maximum atomic E-state index is 12.1. The van der Waals surface area contributed by atoms with Crippen molar-refractivity contribution in [1.82, 2.24) is 10.0 Å². The van der Waals surface area contributed by atoms with Crippen LogP contribution in [0.5, 0.6) is 0 Å². The maximum Gasteiger partial charge on any atom is 0.240 e. The zero-order valence-electron chi connectivity index (χ0n) is 12.7. The van der Waals surface area contributed by atoms with Crippen molar-refractivity contribution in [3.8, 4) is 0 Å². The minimum Gasteiger partial charge on any atom is -0.376 e. The summed E-state index contributed by atoms with van der Waals surface area (Å²) in [6.45, 7) is 10.2. The van der Waals surface area contributed by atoms with E-state index in [1.807, 2.05) is 26.0 Å². The van der Waals surface area contributed by atoms with Crippen LogP contribution in [0.15, 0.2) is 41.3 Å². The number of sulfonamides is 1. The van der Waals surface area contributed by atoms with Gasteiger partial charge in [-0.15, -0.1) is 0 Å². The van der Waals surface area contributed by atoms with Gasteiger partial charge in [-0.3, -0.25) is 0 Å². The zero-order chi connectivity index (χ0) is 15.7. The topological polar surface area (TPSA) is 67.4 Å². The van der Waals surface area contributed by atoms with E-state index in [1.165, 1.54) is 0 Å². The van der Waals surface area contributed by atoms with Gasteiger partial charge in [0.05, 0.1) is 18.1 Å². The van der Waals surface area contributed by atoms with E-state index in [2.05, 4.69) is 16.6 Å². The van der Waals surface area contributed by atoms with Gasteiger partial charge in [0.25, 0.3) is 0 Å². The summed E-state index contributed by atoms with van der Waals surface area (Å²) in [7, 11) is -3.47. The molecule has 0 bridgehead atoms. The molecule has 2 N–H and O–H groups in total. The summed E-state index contributed by atoms with van der Waals surface area (Å²) in [5.41, 5.74) is 1.97. The highest BCUT2D eigenvalue weighted by Crippen LogP contribution is 2.10. The van der Waals surface area contributed by atoms with Crippen LogP contribution in [0.4, 0.5) is 0 Å². The lowest BCUT2D eigenvalue weighted by atomic mass is 10.2. The van der Waals surface area contributed by atoms with Gasteiger partial charge in [0.2, 0.25) is 10.0 Å². The van der Waals surface area contributed by atoms with Crippen LogP contribution in [0, 0.1) is 0 Å².